The molecule has 1 aromatic rings. The van der Waals surface area contributed by atoms with Gasteiger partial charge in [0.15, 0.2) is 0 Å². The Morgan fingerprint density at radius 2 is 0.817 bits per heavy atom. The summed E-state index contributed by atoms with van der Waals surface area (Å²) in [6.45, 7) is 7.24. The van der Waals surface area contributed by atoms with Gasteiger partial charge in [-0.3, -0.25) is 9.59 Å². The highest BCUT2D eigenvalue weighted by atomic mass is 16.5. The second-order valence-electron chi connectivity index (χ2n) is 16.6. The molecule has 0 bridgehead atoms. The van der Waals surface area contributed by atoms with E-state index >= 15 is 0 Å². The van der Waals surface area contributed by atoms with Gasteiger partial charge in [-0.2, -0.15) is 0 Å². The number of unbranched alkanes of at least 4 members (excludes halogenated alkanes) is 18. The summed E-state index contributed by atoms with van der Waals surface area (Å²) >= 11 is 0. The summed E-state index contributed by atoms with van der Waals surface area (Å²) in [6, 6.07) is 6.06. The van der Waals surface area contributed by atoms with Gasteiger partial charge < -0.3 is 23.8 Å². The van der Waals surface area contributed by atoms with E-state index in [1.165, 1.54) is 89.9 Å². The minimum Gasteiger partial charge on any atom is -0.493 e. The Balaban J connectivity index is 2.10. The predicted molar refractivity (Wildman–Crippen MR) is 254 cm³/mol. The number of benzene rings is 1. The first kappa shape index (κ1) is 54.7. The molecule has 0 saturated carbocycles. The van der Waals surface area contributed by atoms with Crippen LogP contribution in [0.3, 0.4) is 0 Å². The molecule has 7 nitrogen and oxygen atoms in total. The van der Waals surface area contributed by atoms with E-state index in [2.05, 4.69) is 79.5 Å². The van der Waals surface area contributed by atoms with Crippen LogP contribution in [-0.2, 0) is 25.6 Å². The van der Waals surface area contributed by atoms with Crippen molar-refractivity contribution in [3.8, 4) is 11.5 Å². The Morgan fingerprint density at radius 3 is 1.22 bits per heavy atom. The van der Waals surface area contributed by atoms with E-state index in [4.69, 9.17) is 18.9 Å². The highest BCUT2D eigenvalue weighted by Gasteiger charge is 2.07. The third kappa shape index (κ3) is 37.7. The van der Waals surface area contributed by atoms with E-state index in [0.29, 0.717) is 39.3 Å². The maximum atomic E-state index is 12.2. The van der Waals surface area contributed by atoms with Crippen LogP contribution >= 0.6 is 0 Å². The first-order valence-electron chi connectivity index (χ1n) is 24.4. The van der Waals surface area contributed by atoms with E-state index < -0.39 is 0 Å². The van der Waals surface area contributed by atoms with Crippen LogP contribution in [0.4, 0.5) is 0 Å². The lowest BCUT2D eigenvalue weighted by atomic mass is 10.1. The van der Waals surface area contributed by atoms with E-state index in [-0.39, 0.29) is 11.9 Å². The first-order chi connectivity index (χ1) is 29.4. The Labute approximate surface area is 368 Å². The molecule has 0 aromatic heterocycles. The standard InChI is InChI=1S/C53H89NO6/c1-5-7-9-11-13-15-17-19-21-23-25-27-29-31-33-39-52(55)59-43-37-35-41-57-50-45-49(48-54(3)4)46-51(47-50)58-42-36-38-44-60-53(56)40-34-32-30-28-26-24-22-20-18-16-14-12-10-8-6-2/h13-16,19-22,45-47H,5-12,17-18,23-44,48H2,1-4H3/b15-13+,16-14+,21-19+,22-20+. The zero-order valence-electron chi connectivity index (χ0n) is 39.1. The molecule has 1 rings (SSSR count). The largest absolute Gasteiger partial charge is 0.493 e. The third-order valence-corrected chi connectivity index (χ3v) is 10.2. The molecule has 0 aliphatic rings. The molecular weight excluding hydrogens is 747 g/mol. The lowest BCUT2D eigenvalue weighted by Gasteiger charge is -2.15. The summed E-state index contributed by atoms with van der Waals surface area (Å²) < 4.78 is 23.1. The second kappa shape index (κ2) is 42.4. The number of allylic oxidation sites excluding steroid dienone is 8. The van der Waals surface area contributed by atoms with Gasteiger partial charge in [-0.05, 0) is 135 Å². The summed E-state index contributed by atoms with van der Waals surface area (Å²) in [7, 11) is 4.09. The molecule has 0 heterocycles. The van der Waals surface area contributed by atoms with Crippen molar-refractivity contribution in [2.75, 3.05) is 40.5 Å². The van der Waals surface area contributed by atoms with Crippen molar-refractivity contribution < 1.29 is 28.5 Å². The van der Waals surface area contributed by atoms with Gasteiger partial charge in [0.1, 0.15) is 11.5 Å². The van der Waals surface area contributed by atoms with Gasteiger partial charge in [-0.1, -0.05) is 127 Å². The first-order valence-corrected chi connectivity index (χ1v) is 24.4. The van der Waals surface area contributed by atoms with E-state index in [0.717, 1.165) is 101 Å². The Bertz CT molecular complexity index is 1180. The molecule has 342 valence electrons. The van der Waals surface area contributed by atoms with Gasteiger partial charge >= 0.3 is 11.9 Å². The lowest BCUT2D eigenvalue weighted by Crippen LogP contribution is -2.11. The van der Waals surface area contributed by atoms with Gasteiger partial charge in [-0.25, -0.2) is 0 Å². The van der Waals surface area contributed by atoms with Gasteiger partial charge in [0.2, 0.25) is 0 Å². The molecule has 0 fully saturated rings. The van der Waals surface area contributed by atoms with Gasteiger partial charge in [-0.15, -0.1) is 0 Å². The predicted octanol–water partition coefficient (Wildman–Crippen LogP) is 14.8. The number of hydrogen-bond donors (Lipinski definition) is 0. The SMILES string of the molecule is CCCCC/C=C/C/C=C/CCCCCCCC(=O)OCCCCOc1cc(CN(C)C)cc(OCCCCOC(=O)CCCCCCC/C=C/C/C=C/CCCCC)c1. The quantitative estimate of drug-likeness (QED) is 0.0369. The Morgan fingerprint density at radius 1 is 0.450 bits per heavy atom. The minimum atomic E-state index is -0.0923. The highest BCUT2D eigenvalue weighted by molar-refractivity contribution is 5.69. The fourth-order valence-electron chi connectivity index (χ4n) is 6.72. The maximum absolute atomic E-state index is 12.2. The maximum Gasteiger partial charge on any atom is 0.305 e. The van der Waals surface area contributed by atoms with Crippen molar-refractivity contribution in [2.24, 2.45) is 0 Å². The fourth-order valence-corrected chi connectivity index (χ4v) is 6.72. The molecule has 0 N–H and O–H groups in total. The monoisotopic (exact) mass is 836 g/mol. The summed E-state index contributed by atoms with van der Waals surface area (Å²) in [6.07, 6.45) is 48.3. The summed E-state index contributed by atoms with van der Waals surface area (Å²) in [5, 5.41) is 0. The second-order valence-corrected chi connectivity index (χ2v) is 16.6. The summed E-state index contributed by atoms with van der Waals surface area (Å²) in [5.41, 5.74) is 1.12. The van der Waals surface area contributed by atoms with E-state index in [9.17, 15) is 9.59 Å². The topological polar surface area (TPSA) is 74.3 Å². The molecule has 0 saturated heterocycles. The van der Waals surface area contributed by atoms with Crippen molar-refractivity contribution in [1.82, 2.24) is 4.90 Å². The third-order valence-electron chi connectivity index (χ3n) is 10.2. The van der Waals surface area contributed by atoms with Crippen LogP contribution in [0.25, 0.3) is 0 Å². The molecule has 0 radical (unpaired) electrons. The molecule has 0 amide bonds. The highest BCUT2D eigenvalue weighted by Crippen LogP contribution is 2.24. The number of esters is 2. The van der Waals surface area contributed by atoms with Gasteiger partial charge in [0, 0.05) is 25.5 Å². The number of hydrogen-bond acceptors (Lipinski definition) is 7. The van der Waals surface area contributed by atoms with Crippen molar-refractivity contribution in [1.29, 1.82) is 0 Å². The van der Waals surface area contributed by atoms with Crippen molar-refractivity contribution >= 4 is 11.9 Å². The smallest absolute Gasteiger partial charge is 0.305 e. The van der Waals surface area contributed by atoms with Crippen LogP contribution < -0.4 is 9.47 Å². The van der Waals surface area contributed by atoms with Crippen molar-refractivity contribution in [3.05, 3.63) is 72.4 Å². The van der Waals surface area contributed by atoms with Crippen LogP contribution in [0.15, 0.2) is 66.8 Å². The zero-order chi connectivity index (χ0) is 43.4. The summed E-state index contributed by atoms with van der Waals surface area (Å²) in [5.74, 6) is 1.38. The van der Waals surface area contributed by atoms with E-state index in [1.54, 1.807) is 0 Å². The average Bonchev–Trinajstić information content (AvgIpc) is 3.23. The van der Waals surface area contributed by atoms with Crippen LogP contribution in [-0.4, -0.2) is 57.4 Å². The summed E-state index contributed by atoms with van der Waals surface area (Å²) in [4.78, 5) is 26.5. The van der Waals surface area contributed by atoms with Crippen molar-refractivity contribution in [2.45, 2.75) is 200 Å². The van der Waals surface area contributed by atoms with Gasteiger partial charge in [0.25, 0.3) is 0 Å². The van der Waals surface area contributed by atoms with Crippen LogP contribution in [0.1, 0.15) is 199 Å². The molecule has 7 heteroatoms. The van der Waals surface area contributed by atoms with Crippen molar-refractivity contribution in [3.63, 3.8) is 0 Å². The molecule has 1 aromatic carbocycles. The molecule has 0 atom stereocenters. The number of carbonyl (C=O) groups excluding carboxylic acids is 2. The Hall–Kier alpha value is -3.32. The molecule has 0 spiro atoms. The lowest BCUT2D eigenvalue weighted by molar-refractivity contribution is -0.144. The molecular formula is C53H89NO6. The number of rotatable bonds is 42. The Kier molecular flexibility index (Phi) is 38.6. The van der Waals surface area contributed by atoms with Crippen LogP contribution in [0, 0.1) is 0 Å². The fraction of sp³-hybridized carbons (Fsp3) is 0.698. The molecule has 0 aliphatic heterocycles. The number of carbonyl (C=O) groups is 2. The molecule has 60 heavy (non-hydrogen) atoms. The number of ether oxygens (including phenoxy) is 4. The minimum absolute atomic E-state index is 0.0923. The molecule has 0 aliphatic carbocycles. The van der Waals surface area contributed by atoms with Gasteiger partial charge in [0.05, 0.1) is 26.4 Å². The average molecular weight is 836 g/mol. The van der Waals surface area contributed by atoms with Crippen LogP contribution in [0.2, 0.25) is 0 Å². The zero-order valence-corrected chi connectivity index (χ0v) is 39.1. The molecule has 0 unspecified atom stereocenters. The van der Waals surface area contributed by atoms with E-state index in [1.807, 2.05) is 20.2 Å². The number of nitrogens with zero attached hydrogens (tertiary/aromatic N) is 1. The van der Waals surface area contributed by atoms with Crippen LogP contribution in [0.5, 0.6) is 11.5 Å². The normalized spacial score (nSPS) is 11.9.